The first-order valence-corrected chi connectivity index (χ1v) is 7.93. The highest BCUT2D eigenvalue weighted by Crippen LogP contribution is 2.16. The SMILES string of the molecule is CS(=O)(=O)c1ccc(OCCCCCC(=O)O)cc1. The number of carbonyl (C=O) groups is 1. The van der Waals surface area contributed by atoms with Crippen molar-refractivity contribution >= 4 is 15.8 Å². The second-order valence-electron chi connectivity index (χ2n) is 4.30. The van der Waals surface area contributed by atoms with E-state index in [0.29, 0.717) is 18.8 Å². The molecule has 0 radical (unpaired) electrons. The topological polar surface area (TPSA) is 80.7 Å². The van der Waals surface area contributed by atoms with Crippen molar-refractivity contribution in [2.75, 3.05) is 12.9 Å². The first-order chi connectivity index (χ1) is 8.89. The average molecular weight is 286 g/mol. The fourth-order valence-electron chi connectivity index (χ4n) is 1.53. The lowest BCUT2D eigenvalue weighted by Gasteiger charge is -2.06. The van der Waals surface area contributed by atoms with Gasteiger partial charge in [-0.3, -0.25) is 4.79 Å². The quantitative estimate of drug-likeness (QED) is 0.740. The molecule has 0 aliphatic heterocycles. The molecule has 0 fully saturated rings. The van der Waals surface area contributed by atoms with E-state index in [9.17, 15) is 13.2 Å². The Bertz CT molecular complexity index is 504. The summed E-state index contributed by atoms with van der Waals surface area (Å²) < 4.78 is 27.9. The van der Waals surface area contributed by atoms with Crippen LogP contribution in [-0.2, 0) is 14.6 Å². The van der Waals surface area contributed by atoms with Crippen LogP contribution in [0.4, 0.5) is 0 Å². The zero-order valence-electron chi connectivity index (χ0n) is 10.8. The Morgan fingerprint density at radius 3 is 2.32 bits per heavy atom. The van der Waals surface area contributed by atoms with Crippen LogP contribution in [-0.4, -0.2) is 32.4 Å². The van der Waals surface area contributed by atoms with Crippen LogP contribution in [0, 0.1) is 0 Å². The van der Waals surface area contributed by atoms with E-state index in [4.69, 9.17) is 9.84 Å². The number of hydrogen-bond acceptors (Lipinski definition) is 4. The number of benzene rings is 1. The van der Waals surface area contributed by atoms with Crippen LogP contribution in [0.2, 0.25) is 0 Å². The zero-order valence-corrected chi connectivity index (χ0v) is 11.6. The highest BCUT2D eigenvalue weighted by molar-refractivity contribution is 7.90. The number of carboxylic acid groups (broad SMARTS) is 1. The van der Waals surface area contributed by atoms with Crippen molar-refractivity contribution in [3.63, 3.8) is 0 Å². The third kappa shape index (κ3) is 6.24. The third-order valence-electron chi connectivity index (χ3n) is 2.56. The van der Waals surface area contributed by atoms with Gasteiger partial charge in [-0.2, -0.15) is 0 Å². The summed E-state index contributed by atoms with van der Waals surface area (Å²) in [6.45, 7) is 0.498. The molecule has 19 heavy (non-hydrogen) atoms. The molecule has 0 amide bonds. The molecular weight excluding hydrogens is 268 g/mol. The van der Waals surface area contributed by atoms with Crippen LogP contribution >= 0.6 is 0 Å². The summed E-state index contributed by atoms with van der Waals surface area (Å²) in [5.41, 5.74) is 0. The largest absolute Gasteiger partial charge is 0.494 e. The van der Waals surface area contributed by atoms with Crippen LogP contribution in [0.1, 0.15) is 25.7 Å². The Hall–Kier alpha value is -1.56. The minimum absolute atomic E-state index is 0.184. The molecule has 0 aliphatic carbocycles. The van der Waals surface area contributed by atoms with E-state index in [1.165, 1.54) is 12.1 Å². The Kier molecular flexibility index (Phi) is 5.82. The number of unbranched alkanes of at least 4 members (excludes halogenated alkanes) is 2. The standard InChI is InChI=1S/C13H18O5S/c1-19(16,17)12-8-6-11(7-9-12)18-10-4-2-3-5-13(14)15/h6-9H,2-5,10H2,1H3,(H,14,15). The highest BCUT2D eigenvalue weighted by Gasteiger charge is 2.06. The van der Waals surface area contributed by atoms with E-state index in [1.807, 2.05) is 0 Å². The summed E-state index contributed by atoms with van der Waals surface area (Å²) in [5, 5.41) is 8.46. The van der Waals surface area contributed by atoms with Gasteiger partial charge in [0.15, 0.2) is 9.84 Å². The van der Waals surface area contributed by atoms with Crippen molar-refractivity contribution in [1.82, 2.24) is 0 Å². The molecule has 1 N–H and O–H groups in total. The van der Waals surface area contributed by atoms with Crippen LogP contribution in [0.15, 0.2) is 29.2 Å². The van der Waals surface area contributed by atoms with E-state index in [2.05, 4.69) is 0 Å². The van der Waals surface area contributed by atoms with Crippen molar-refractivity contribution in [1.29, 1.82) is 0 Å². The molecule has 1 aromatic rings. The van der Waals surface area contributed by atoms with Crippen LogP contribution in [0.25, 0.3) is 0 Å². The molecule has 5 nitrogen and oxygen atoms in total. The first kappa shape index (κ1) is 15.5. The summed E-state index contributed by atoms with van der Waals surface area (Å²) in [4.78, 5) is 10.6. The molecule has 0 bridgehead atoms. The molecule has 0 saturated carbocycles. The van der Waals surface area contributed by atoms with Crippen molar-refractivity contribution in [2.24, 2.45) is 0 Å². The van der Waals surface area contributed by atoms with Gasteiger partial charge >= 0.3 is 5.97 Å². The van der Waals surface area contributed by atoms with E-state index in [-0.39, 0.29) is 11.3 Å². The van der Waals surface area contributed by atoms with Gasteiger partial charge in [-0.15, -0.1) is 0 Å². The Morgan fingerprint density at radius 2 is 1.79 bits per heavy atom. The maximum absolute atomic E-state index is 11.2. The Morgan fingerprint density at radius 1 is 1.16 bits per heavy atom. The molecule has 0 aromatic heterocycles. The predicted molar refractivity (Wildman–Crippen MR) is 71.2 cm³/mol. The summed E-state index contributed by atoms with van der Waals surface area (Å²) in [6, 6.07) is 6.26. The Labute approximate surface area is 113 Å². The van der Waals surface area contributed by atoms with Gasteiger partial charge in [-0.05, 0) is 43.5 Å². The number of sulfone groups is 1. The smallest absolute Gasteiger partial charge is 0.303 e. The van der Waals surface area contributed by atoms with Crippen molar-refractivity contribution in [3.05, 3.63) is 24.3 Å². The number of hydrogen-bond donors (Lipinski definition) is 1. The van der Waals surface area contributed by atoms with Gasteiger partial charge in [-0.1, -0.05) is 0 Å². The molecule has 0 unspecified atom stereocenters. The van der Waals surface area contributed by atoms with Crippen molar-refractivity contribution < 1.29 is 23.1 Å². The maximum atomic E-state index is 11.2. The highest BCUT2D eigenvalue weighted by atomic mass is 32.2. The number of aliphatic carboxylic acids is 1. The van der Waals surface area contributed by atoms with Crippen LogP contribution in [0.5, 0.6) is 5.75 Å². The van der Waals surface area contributed by atoms with E-state index < -0.39 is 15.8 Å². The van der Waals surface area contributed by atoms with E-state index in [1.54, 1.807) is 12.1 Å². The van der Waals surface area contributed by atoms with Crippen LogP contribution < -0.4 is 4.74 Å². The van der Waals surface area contributed by atoms with E-state index >= 15 is 0 Å². The molecule has 106 valence electrons. The summed E-state index contributed by atoms with van der Waals surface area (Å²) in [6.07, 6.45) is 3.56. The second kappa shape index (κ2) is 7.13. The molecule has 6 heteroatoms. The van der Waals surface area contributed by atoms with Gasteiger partial charge < -0.3 is 9.84 Å². The number of rotatable bonds is 8. The van der Waals surface area contributed by atoms with Crippen LogP contribution in [0.3, 0.4) is 0 Å². The molecule has 0 spiro atoms. The number of ether oxygens (including phenoxy) is 1. The molecular formula is C13H18O5S. The van der Waals surface area contributed by atoms with Gasteiger partial charge in [0.25, 0.3) is 0 Å². The minimum Gasteiger partial charge on any atom is -0.494 e. The summed E-state index contributed by atoms with van der Waals surface area (Å²) in [5.74, 6) is -0.164. The van der Waals surface area contributed by atoms with E-state index in [0.717, 1.165) is 19.1 Å². The second-order valence-corrected chi connectivity index (χ2v) is 6.31. The normalized spacial score (nSPS) is 11.2. The fourth-order valence-corrected chi connectivity index (χ4v) is 2.16. The molecule has 1 rings (SSSR count). The van der Waals surface area contributed by atoms with Gasteiger partial charge in [0, 0.05) is 12.7 Å². The van der Waals surface area contributed by atoms with Crippen molar-refractivity contribution in [2.45, 2.75) is 30.6 Å². The summed E-state index contributed by atoms with van der Waals surface area (Å²) >= 11 is 0. The monoisotopic (exact) mass is 286 g/mol. The van der Waals surface area contributed by atoms with Gasteiger partial charge in [0.05, 0.1) is 11.5 Å². The third-order valence-corrected chi connectivity index (χ3v) is 3.68. The molecule has 1 aromatic carbocycles. The number of carboxylic acids is 1. The first-order valence-electron chi connectivity index (χ1n) is 6.04. The van der Waals surface area contributed by atoms with Gasteiger partial charge in [0.1, 0.15) is 5.75 Å². The maximum Gasteiger partial charge on any atom is 0.303 e. The lowest BCUT2D eigenvalue weighted by molar-refractivity contribution is -0.137. The van der Waals surface area contributed by atoms with Gasteiger partial charge in [0.2, 0.25) is 0 Å². The van der Waals surface area contributed by atoms with Crippen molar-refractivity contribution in [3.8, 4) is 5.75 Å². The molecule has 0 atom stereocenters. The fraction of sp³-hybridized carbons (Fsp3) is 0.462. The molecule has 0 heterocycles. The molecule has 0 saturated heterocycles. The minimum atomic E-state index is -3.17. The zero-order chi connectivity index (χ0) is 14.3. The Balaban J connectivity index is 2.29. The predicted octanol–water partition coefficient (Wildman–Crippen LogP) is 2.11. The van der Waals surface area contributed by atoms with Gasteiger partial charge in [-0.25, -0.2) is 8.42 Å². The lowest BCUT2D eigenvalue weighted by atomic mass is 10.2. The molecule has 0 aliphatic rings. The lowest BCUT2D eigenvalue weighted by Crippen LogP contribution is -2.00. The summed E-state index contributed by atoms with van der Waals surface area (Å²) in [7, 11) is -3.17. The average Bonchev–Trinajstić information content (AvgIpc) is 2.32.